The number of nitrogens with zero attached hydrogens (tertiary/aromatic N) is 1. The first-order valence-corrected chi connectivity index (χ1v) is 11.8. The van der Waals surface area contributed by atoms with Gasteiger partial charge in [-0.3, -0.25) is 0 Å². The van der Waals surface area contributed by atoms with E-state index in [-0.39, 0.29) is 5.56 Å². The molecule has 0 N–H and O–H groups in total. The van der Waals surface area contributed by atoms with Crippen LogP contribution in [0, 0.1) is 0 Å². The lowest BCUT2D eigenvalue weighted by Gasteiger charge is -2.34. The lowest BCUT2D eigenvalue weighted by Crippen LogP contribution is -2.23. The SMILES string of the molecule is FC(F)(F)c1cccc2c1-c1cc(-c3ccccc3)ccc1N(c1ccc(-c3ccccc3)cc1)C2. The van der Waals surface area contributed by atoms with E-state index in [1.807, 2.05) is 78.9 Å². The van der Waals surface area contributed by atoms with Crippen molar-refractivity contribution in [1.82, 2.24) is 0 Å². The molecule has 0 atom stereocenters. The van der Waals surface area contributed by atoms with Crippen LogP contribution in [0.2, 0.25) is 0 Å². The molecular weight excluding hydrogens is 455 g/mol. The van der Waals surface area contributed by atoms with Crippen LogP contribution in [0.25, 0.3) is 33.4 Å². The van der Waals surface area contributed by atoms with Gasteiger partial charge in [-0.05, 0) is 58.1 Å². The molecule has 176 valence electrons. The van der Waals surface area contributed by atoms with Crippen LogP contribution < -0.4 is 4.90 Å². The number of alkyl halides is 3. The predicted octanol–water partition coefficient (Wildman–Crippen LogP) is 9.36. The Balaban J connectivity index is 1.50. The van der Waals surface area contributed by atoms with Crippen LogP contribution in [0.3, 0.4) is 0 Å². The molecule has 1 aliphatic heterocycles. The van der Waals surface area contributed by atoms with Crippen molar-refractivity contribution < 1.29 is 13.2 Å². The Bertz CT molecular complexity index is 1520. The Morgan fingerprint density at radius 2 is 1.14 bits per heavy atom. The zero-order valence-electron chi connectivity index (χ0n) is 19.3. The summed E-state index contributed by atoms with van der Waals surface area (Å²) >= 11 is 0. The van der Waals surface area contributed by atoms with Crippen LogP contribution in [0.15, 0.2) is 121 Å². The number of halogens is 3. The smallest absolute Gasteiger partial charge is 0.336 e. The van der Waals surface area contributed by atoms with Gasteiger partial charge >= 0.3 is 6.18 Å². The minimum absolute atomic E-state index is 0.273. The van der Waals surface area contributed by atoms with E-state index < -0.39 is 11.7 Å². The summed E-state index contributed by atoms with van der Waals surface area (Å²) in [5.74, 6) is 0. The van der Waals surface area contributed by atoms with Gasteiger partial charge < -0.3 is 4.90 Å². The Morgan fingerprint density at radius 1 is 0.556 bits per heavy atom. The predicted molar refractivity (Wildman–Crippen MR) is 140 cm³/mol. The molecule has 0 saturated heterocycles. The first-order valence-electron chi connectivity index (χ1n) is 11.8. The average Bonchev–Trinajstić information content (AvgIpc) is 2.92. The minimum Gasteiger partial charge on any atom is -0.336 e. The Morgan fingerprint density at radius 3 is 1.78 bits per heavy atom. The summed E-state index contributed by atoms with van der Waals surface area (Å²) in [5.41, 5.74) is 6.71. The molecule has 1 nitrogen and oxygen atoms in total. The van der Waals surface area contributed by atoms with E-state index in [1.165, 1.54) is 12.1 Å². The fraction of sp³-hybridized carbons (Fsp3) is 0.0625. The molecule has 0 aromatic heterocycles. The highest BCUT2D eigenvalue weighted by Gasteiger charge is 2.37. The fourth-order valence-electron chi connectivity index (χ4n) is 5.02. The Hall–Kier alpha value is -4.31. The summed E-state index contributed by atoms with van der Waals surface area (Å²) in [6.45, 7) is 0.363. The third kappa shape index (κ3) is 3.95. The summed E-state index contributed by atoms with van der Waals surface area (Å²) < 4.78 is 42.3. The normalized spacial score (nSPS) is 12.7. The average molecular weight is 478 g/mol. The van der Waals surface area contributed by atoms with Gasteiger partial charge in [0.15, 0.2) is 0 Å². The number of benzene rings is 5. The Labute approximate surface area is 208 Å². The van der Waals surface area contributed by atoms with Crippen molar-refractivity contribution in [3.8, 4) is 33.4 Å². The molecule has 4 heteroatoms. The monoisotopic (exact) mass is 477 g/mol. The summed E-state index contributed by atoms with van der Waals surface area (Å²) in [6, 6.07) is 38.4. The molecule has 0 saturated carbocycles. The van der Waals surface area contributed by atoms with Crippen molar-refractivity contribution in [2.24, 2.45) is 0 Å². The van der Waals surface area contributed by atoms with E-state index in [0.717, 1.165) is 33.6 Å². The number of hydrogen-bond acceptors (Lipinski definition) is 1. The van der Waals surface area contributed by atoms with Gasteiger partial charge in [0.2, 0.25) is 0 Å². The van der Waals surface area contributed by atoms with Gasteiger partial charge in [0.05, 0.1) is 5.56 Å². The summed E-state index contributed by atoms with van der Waals surface area (Å²) in [7, 11) is 0. The molecule has 0 bridgehead atoms. The van der Waals surface area contributed by atoms with Gasteiger partial charge in [-0.15, -0.1) is 0 Å². The van der Waals surface area contributed by atoms with Gasteiger partial charge in [-0.25, -0.2) is 0 Å². The standard InChI is InChI=1S/C32H22F3N/c33-32(34,35)29-13-7-12-26-21-36(27-17-14-24(15-18-27)22-8-3-1-4-9-22)30-19-16-25(20-28(30)31(26)29)23-10-5-2-6-11-23/h1-20H,21H2. The molecule has 36 heavy (non-hydrogen) atoms. The number of fused-ring (bicyclic) bond motifs is 3. The maximum Gasteiger partial charge on any atom is 0.417 e. The second-order valence-corrected chi connectivity index (χ2v) is 8.93. The zero-order chi connectivity index (χ0) is 24.7. The lowest BCUT2D eigenvalue weighted by atomic mass is 9.87. The van der Waals surface area contributed by atoms with Crippen molar-refractivity contribution in [2.45, 2.75) is 12.7 Å². The first-order chi connectivity index (χ1) is 17.5. The number of rotatable bonds is 3. The van der Waals surface area contributed by atoms with E-state index in [9.17, 15) is 13.2 Å². The van der Waals surface area contributed by atoms with Crippen LogP contribution in [0.1, 0.15) is 11.1 Å². The minimum atomic E-state index is -4.44. The van der Waals surface area contributed by atoms with Gasteiger partial charge in [0.25, 0.3) is 0 Å². The highest BCUT2D eigenvalue weighted by atomic mass is 19.4. The molecule has 1 heterocycles. The second kappa shape index (κ2) is 8.72. The van der Waals surface area contributed by atoms with Crippen molar-refractivity contribution in [3.05, 3.63) is 132 Å². The lowest BCUT2D eigenvalue weighted by molar-refractivity contribution is -0.137. The van der Waals surface area contributed by atoms with Gasteiger partial charge in [-0.2, -0.15) is 13.2 Å². The van der Waals surface area contributed by atoms with Crippen molar-refractivity contribution in [1.29, 1.82) is 0 Å². The van der Waals surface area contributed by atoms with Crippen molar-refractivity contribution in [3.63, 3.8) is 0 Å². The molecule has 0 spiro atoms. The third-order valence-electron chi connectivity index (χ3n) is 6.73. The fourth-order valence-corrected chi connectivity index (χ4v) is 5.02. The molecule has 0 aliphatic carbocycles. The second-order valence-electron chi connectivity index (χ2n) is 8.93. The molecule has 1 aliphatic rings. The summed E-state index contributed by atoms with van der Waals surface area (Å²) in [6.07, 6.45) is -4.44. The van der Waals surface area contributed by atoms with Gasteiger partial charge in [0.1, 0.15) is 0 Å². The topological polar surface area (TPSA) is 3.24 Å². The summed E-state index contributed by atoms with van der Waals surface area (Å²) in [5, 5.41) is 0. The molecule has 0 fully saturated rings. The van der Waals surface area contributed by atoms with Crippen molar-refractivity contribution >= 4 is 11.4 Å². The summed E-state index contributed by atoms with van der Waals surface area (Å²) in [4.78, 5) is 2.10. The van der Waals surface area contributed by atoms with Crippen LogP contribution >= 0.6 is 0 Å². The molecule has 0 unspecified atom stereocenters. The maximum atomic E-state index is 14.1. The maximum absolute atomic E-state index is 14.1. The van der Waals surface area contributed by atoms with Crippen LogP contribution in [0.4, 0.5) is 24.5 Å². The van der Waals surface area contributed by atoms with Gasteiger partial charge in [-0.1, -0.05) is 91.0 Å². The highest BCUT2D eigenvalue weighted by molar-refractivity contribution is 5.92. The first kappa shape index (κ1) is 22.2. The Kier molecular flexibility index (Phi) is 5.37. The number of hydrogen-bond donors (Lipinski definition) is 0. The van der Waals surface area contributed by atoms with E-state index >= 15 is 0 Å². The quantitative estimate of drug-likeness (QED) is 0.250. The van der Waals surface area contributed by atoms with Crippen LogP contribution in [-0.2, 0) is 12.7 Å². The zero-order valence-corrected chi connectivity index (χ0v) is 19.3. The molecule has 0 amide bonds. The van der Waals surface area contributed by atoms with E-state index in [4.69, 9.17) is 0 Å². The third-order valence-corrected chi connectivity index (χ3v) is 6.73. The largest absolute Gasteiger partial charge is 0.417 e. The van der Waals surface area contributed by atoms with Gasteiger partial charge in [0, 0.05) is 29.0 Å². The van der Waals surface area contributed by atoms with E-state index in [2.05, 4.69) is 29.2 Å². The van der Waals surface area contributed by atoms with Crippen LogP contribution in [-0.4, -0.2) is 0 Å². The highest BCUT2D eigenvalue weighted by Crippen LogP contribution is 2.49. The van der Waals surface area contributed by atoms with Crippen molar-refractivity contribution in [2.75, 3.05) is 4.90 Å². The molecule has 6 rings (SSSR count). The molecular formula is C32H22F3N. The molecule has 0 radical (unpaired) electrons. The molecule has 5 aromatic carbocycles. The molecule has 5 aromatic rings. The van der Waals surface area contributed by atoms with Crippen LogP contribution in [0.5, 0.6) is 0 Å². The van der Waals surface area contributed by atoms with E-state index in [0.29, 0.717) is 17.7 Å². The van der Waals surface area contributed by atoms with E-state index in [1.54, 1.807) is 6.07 Å². The number of anilines is 2.